The minimum atomic E-state index is 0.677. The molecule has 19 heavy (non-hydrogen) atoms. The summed E-state index contributed by atoms with van der Waals surface area (Å²) in [6.45, 7) is 0. The number of halogens is 1. The molecule has 90 valence electrons. The maximum absolute atomic E-state index is 5.99. The topological polar surface area (TPSA) is 49.4 Å². The molecule has 0 aliphatic carbocycles. The number of amidine groups is 1. The van der Waals surface area contributed by atoms with Gasteiger partial charge in [0, 0.05) is 15.8 Å². The third kappa shape index (κ3) is 1.69. The van der Waals surface area contributed by atoms with Gasteiger partial charge in [0.1, 0.15) is 0 Å². The smallest absolute Gasteiger partial charge is 0.160 e. The molecule has 2 aromatic rings. The first-order chi connectivity index (χ1) is 9.29. The van der Waals surface area contributed by atoms with Crippen LogP contribution in [0.2, 0.25) is 5.02 Å². The fraction of sp³-hybridized carbons (Fsp3) is 0. The molecular weight excluding hydrogens is 260 g/mol. The van der Waals surface area contributed by atoms with E-state index in [1.807, 2.05) is 36.4 Å². The lowest BCUT2D eigenvalue weighted by Gasteiger charge is -1.97. The molecule has 0 spiro atoms. The van der Waals surface area contributed by atoms with Crippen molar-refractivity contribution in [1.29, 1.82) is 0 Å². The van der Waals surface area contributed by atoms with Crippen molar-refractivity contribution in [2.24, 2.45) is 20.2 Å². The number of aliphatic imine (C=N–C) groups is 1. The van der Waals surface area contributed by atoms with Crippen LogP contribution in [0.1, 0.15) is 5.56 Å². The Balaban J connectivity index is 1.88. The molecule has 4 rings (SSSR count). The van der Waals surface area contributed by atoms with E-state index < -0.39 is 0 Å². The molecule has 0 saturated carbocycles. The maximum atomic E-state index is 5.99. The van der Waals surface area contributed by atoms with Gasteiger partial charge in [-0.05, 0) is 24.3 Å². The lowest BCUT2D eigenvalue weighted by Crippen LogP contribution is -2.06. The highest BCUT2D eigenvalue weighted by Gasteiger charge is 2.13. The van der Waals surface area contributed by atoms with Crippen molar-refractivity contribution in [2.75, 3.05) is 0 Å². The summed E-state index contributed by atoms with van der Waals surface area (Å²) in [4.78, 5) is 9.04. The van der Waals surface area contributed by atoms with E-state index in [1.165, 1.54) is 0 Å². The van der Waals surface area contributed by atoms with Crippen LogP contribution < -0.4 is 10.6 Å². The van der Waals surface area contributed by atoms with Crippen molar-refractivity contribution in [1.82, 2.24) is 0 Å². The van der Waals surface area contributed by atoms with Crippen LogP contribution in [0.25, 0.3) is 6.20 Å². The number of fused-ring (bicyclic) bond motifs is 2. The Labute approximate surface area is 113 Å². The van der Waals surface area contributed by atoms with Crippen LogP contribution in [0.15, 0.2) is 56.6 Å². The second kappa shape index (κ2) is 3.83. The molecule has 2 aromatic carbocycles. The third-order valence-corrected chi connectivity index (χ3v) is 3.26. The van der Waals surface area contributed by atoms with E-state index in [9.17, 15) is 0 Å². The monoisotopic (exact) mass is 266 g/mol. The average Bonchev–Trinajstić information content (AvgIpc) is 3.00. The normalized spacial score (nSPS) is 14.5. The zero-order valence-corrected chi connectivity index (χ0v) is 10.5. The summed E-state index contributed by atoms with van der Waals surface area (Å²) < 4.78 is 0. The Morgan fingerprint density at radius 1 is 0.947 bits per heavy atom. The second-order valence-corrected chi connectivity index (χ2v) is 4.74. The molecule has 0 atom stereocenters. The summed E-state index contributed by atoms with van der Waals surface area (Å²) in [5.41, 5.74) is 2.59. The van der Waals surface area contributed by atoms with Crippen molar-refractivity contribution >= 4 is 35.0 Å². The van der Waals surface area contributed by atoms with Crippen LogP contribution in [0.3, 0.4) is 0 Å². The summed E-state index contributed by atoms with van der Waals surface area (Å²) in [5, 5.41) is 10.4. The van der Waals surface area contributed by atoms with Gasteiger partial charge in [0.05, 0.1) is 22.9 Å². The third-order valence-electron chi connectivity index (χ3n) is 3.02. The molecule has 0 bridgehead atoms. The molecule has 0 radical (unpaired) electrons. The first kappa shape index (κ1) is 10.6. The highest BCUT2D eigenvalue weighted by molar-refractivity contribution is 6.31. The van der Waals surface area contributed by atoms with Crippen LogP contribution in [-0.2, 0) is 0 Å². The fourth-order valence-electron chi connectivity index (χ4n) is 2.11. The number of nitrogens with zero attached hydrogens (tertiary/aromatic N) is 4. The number of hydrogen-bond donors (Lipinski definition) is 0. The molecule has 0 saturated heterocycles. The average molecular weight is 267 g/mol. The van der Waals surface area contributed by atoms with Gasteiger partial charge in [-0.3, -0.25) is 0 Å². The standard InChI is InChI=1S/C14H7ClN4/c15-10-3-1-2-8(4-10)14-17-12-5-9-7-16-19-11(9)6-13(12)18-14/h1-7H. The van der Waals surface area contributed by atoms with Gasteiger partial charge >= 0.3 is 0 Å². The van der Waals surface area contributed by atoms with Gasteiger partial charge in [-0.1, -0.05) is 23.7 Å². The fourth-order valence-corrected chi connectivity index (χ4v) is 2.30. The van der Waals surface area contributed by atoms with Crippen molar-refractivity contribution < 1.29 is 0 Å². The van der Waals surface area contributed by atoms with E-state index in [4.69, 9.17) is 11.6 Å². The Kier molecular flexibility index (Phi) is 2.13. The molecule has 5 heteroatoms. The highest BCUT2D eigenvalue weighted by atomic mass is 35.5. The van der Waals surface area contributed by atoms with Gasteiger partial charge in [0.2, 0.25) is 0 Å². The van der Waals surface area contributed by atoms with Crippen molar-refractivity contribution in [2.45, 2.75) is 0 Å². The van der Waals surface area contributed by atoms with E-state index in [2.05, 4.69) is 20.2 Å². The van der Waals surface area contributed by atoms with Gasteiger partial charge in [-0.15, -0.1) is 0 Å². The molecule has 0 unspecified atom stereocenters. The Hall–Kier alpha value is -2.33. The Morgan fingerprint density at radius 2 is 1.89 bits per heavy atom. The predicted octanol–water partition coefficient (Wildman–Crippen LogP) is 2.89. The van der Waals surface area contributed by atoms with Gasteiger partial charge in [-0.2, -0.15) is 10.2 Å². The zero-order valence-electron chi connectivity index (χ0n) is 9.71. The molecule has 2 aliphatic heterocycles. The highest BCUT2D eigenvalue weighted by Crippen LogP contribution is 2.19. The van der Waals surface area contributed by atoms with Crippen LogP contribution in [-0.4, -0.2) is 5.84 Å². The molecule has 2 aliphatic rings. The quantitative estimate of drug-likeness (QED) is 0.762. The number of benzene rings is 2. The maximum Gasteiger partial charge on any atom is 0.160 e. The number of rotatable bonds is 1. The molecule has 0 aromatic heterocycles. The summed E-state index contributed by atoms with van der Waals surface area (Å²) in [6.07, 6.45) is 1.72. The molecule has 0 fully saturated rings. The summed E-state index contributed by atoms with van der Waals surface area (Å²) in [6, 6.07) is 11.4. The zero-order chi connectivity index (χ0) is 12.8. The van der Waals surface area contributed by atoms with Crippen LogP contribution >= 0.6 is 11.6 Å². The first-order valence-corrected chi connectivity index (χ1v) is 6.16. The van der Waals surface area contributed by atoms with Gasteiger partial charge in [0.15, 0.2) is 5.84 Å². The SMILES string of the molecule is Clc1cccc(C2=Nc3cc4c(cc3=N2)N=NC=4)c1. The summed E-state index contributed by atoms with van der Waals surface area (Å²) >= 11 is 5.99. The summed E-state index contributed by atoms with van der Waals surface area (Å²) in [7, 11) is 0. The largest absolute Gasteiger partial charge is 0.226 e. The second-order valence-electron chi connectivity index (χ2n) is 4.30. The predicted molar refractivity (Wildman–Crippen MR) is 73.9 cm³/mol. The van der Waals surface area contributed by atoms with Gasteiger partial charge < -0.3 is 0 Å². The minimum absolute atomic E-state index is 0.677. The lowest BCUT2D eigenvalue weighted by atomic mass is 10.2. The number of hydrogen-bond acceptors (Lipinski definition) is 4. The van der Waals surface area contributed by atoms with E-state index in [1.54, 1.807) is 6.20 Å². The van der Waals surface area contributed by atoms with Crippen LogP contribution in [0, 0.1) is 0 Å². The minimum Gasteiger partial charge on any atom is -0.226 e. The Morgan fingerprint density at radius 3 is 2.79 bits per heavy atom. The van der Waals surface area contributed by atoms with Crippen molar-refractivity contribution in [3.8, 4) is 0 Å². The molecule has 4 nitrogen and oxygen atoms in total. The molecule has 0 amide bonds. The lowest BCUT2D eigenvalue weighted by molar-refractivity contribution is 1.31. The molecule has 2 heterocycles. The van der Waals surface area contributed by atoms with Gasteiger partial charge in [0.25, 0.3) is 0 Å². The Bertz CT molecular complexity index is 881. The molecule has 0 N–H and O–H groups in total. The van der Waals surface area contributed by atoms with Gasteiger partial charge in [-0.25, -0.2) is 9.98 Å². The van der Waals surface area contributed by atoms with E-state index in [-0.39, 0.29) is 0 Å². The van der Waals surface area contributed by atoms with Crippen molar-refractivity contribution in [3.05, 3.63) is 57.6 Å². The molecular formula is C14H7ClN4. The summed E-state index contributed by atoms with van der Waals surface area (Å²) in [5.74, 6) is 0.679. The number of azo groups is 1. The van der Waals surface area contributed by atoms with Crippen molar-refractivity contribution in [3.63, 3.8) is 0 Å². The first-order valence-electron chi connectivity index (χ1n) is 5.78. The van der Waals surface area contributed by atoms with E-state index >= 15 is 0 Å². The van der Waals surface area contributed by atoms with E-state index in [0.717, 1.165) is 27.5 Å². The van der Waals surface area contributed by atoms with Crippen LogP contribution in [0.5, 0.6) is 0 Å². The van der Waals surface area contributed by atoms with Crippen LogP contribution in [0.4, 0.5) is 11.4 Å². The van der Waals surface area contributed by atoms with E-state index in [0.29, 0.717) is 10.9 Å².